The lowest BCUT2D eigenvalue weighted by atomic mass is 10.2. The van der Waals surface area contributed by atoms with Gasteiger partial charge in [-0.15, -0.1) is 0 Å². The molecule has 0 heterocycles. The van der Waals surface area contributed by atoms with Gasteiger partial charge >= 0.3 is 11.9 Å². The molecule has 0 aliphatic heterocycles. The van der Waals surface area contributed by atoms with Crippen molar-refractivity contribution in [2.45, 2.75) is 33.7 Å². The molecule has 0 radical (unpaired) electrons. The Labute approximate surface area is 101 Å². The second-order valence-corrected chi connectivity index (χ2v) is 3.60. The summed E-state index contributed by atoms with van der Waals surface area (Å²) in [6.07, 6.45) is 0. The highest BCUT2D eigenvalue weighted by molar-refractivity contribution is 6.02. The molecule has 0 aliphatic carbocycles. The van der Waals surface area contributed by atoms with Crippen LogP contribution in [0, 0.1) is 5.92 Å². The van der Waals surface area contributed by atoms with Crippen LogP contribution >= 0.6 is 0 Å². The van der Waals surface area contributed by atoms with Crippen molar-refractivity contribution >= 4 is 17.8 Å². The van der Waals surface area contributed by atoms with E-state index < -0.39 is 23.9 Å². The minimum atomic E-state index is -1.38. The number of amides is 1. The van der Waals surface area contributed by atoms with Crippen molar-refractivity contribution in [1.29, 1.82) is 0 Å². The number of carbonyl (C=O) groups is 3. The summed E-state index contributed by atoms with van der Waals surface area (Å²) in [7, 11) is 0. The molecule has 98 valence electrons. The molecule has 0 aromatic carbocycles. The van der Waals surface area contributed by atoms with E-state index in [-0.39, 0.29) is 19.1 Å². The molecule has 17 heavy (non-hydrogen) atoms. The van der Waals surface area contributed by atoms with Crippen LogP contribution in [0.2, 0.25) is 0 Å². The fourth-order valence-electron chi connectivity index (χ4n) is 0.974. The first kappa shape index (κ1) is 15.4. The number of rotatable bonds is 6. The molecule has 0 aromatic heterocycles. The standard InChI is InChI=1S/C11H19NO5/c1-5-16-10(14)8(11(15)17-6-2)12-9(13)7(3)4/h7-8H,5-6H2,1-4H3,(H,12,13). The first-order valence-electron chi connectivity index (χ1n) is 5.57. The Bertz CT molecular complexity index is 270. The second-order valence-electron chi connectivity index (χ2n) is 3.60. The normalized spacial score (nSPS) is 10.2. The Morgan fingerprint density at radius 2 is 1.41 bits per heavy atom. The maximum absolute atomic E-state index is 11.5. The van der Waals surface area contributed by atoms with Gasteiger partial charge in [0.25, 0.3) is 0 Å². The Kier molecular flexibility index (Phi) is 6.93. The minimum absolute atomic E-state index is 0.131. The van der Waals surface area contributed by atoms with Crippen molar-refractivity contribution in [3.05, 3.63) is 0 Å². The van der Waals surface area contributed by atoms with Crippen LogP contribution in [0.15, 0.2) is 0 Å². The molecule has 0 bridgehead atoms. The molecule has 6 heteroatoms. The lowest BCUT2D eigenvalue weighted by Gasteiger charge is -2.16. The summed E-state index contributed by atoms with van der Waals surface area (Å²) in [5.41, 5.74) is 0. The maximum Gasteiger partial charge on any atom is 0.340 e. The molecule has 0 fully saturated rings. The summed E-state index contributed by atoms with van der Waals surface area (Å²) < 4.78 is 9.40. The zero-order valence-electron chi connectivity index (χ0n) is 10.6. The number of hydrogen-bond acceptors (Lipinski definition) is 5. The topological polar surface area (TPSA) is 81.7 Å². The van der Waals surface area contributed by atoms with E-state index >= 15 is 0 Å². The molecular formula is C11H19NO5. The second kappa shape index (κ2) is 7.65. The summed E-state index contributed by atoms with van der Waals surface area (Å²) >= 11 is 0. The van der Waals surface area contributed by atoms with Crippen molar-refractivity contribution in [2.24, 2.45) is 5.92 Å². The van der Waals surface area contributed by atoms with Gasteiger partial charge in [0.1, 0.15) is 0 Å². The summed E-state index contributed by atoms with van der Waals surface area (Å²) in [5.74, 6) is -2.35. The number of nitrogens with one attached hydrogen (secondary N) is 1. The van der Waals surface area contributed by atoms with E-state index in [0.29, 0.717) is 0 Å². The third kappa shape index (κ3) is 5.33. The summed E-state index contributed by atoms with van der Waals surface area (Å²) in [6.45, 7) is 6.80. The smallest absolute Gasteiger partial charge is 0.340 e. The first-order chi connectivity index (χ1) is 7.93. The van der Waals surface area contributed by atoms with Crippen LogP contribution in [-0.2, 0) is 23.9 Å². The van der Waals surface area contributed by atoms with Gasteiger partial charge in [-0.1, -0.05) is 13.8 Å². The zero-order chi connectivity index (χ0) is 13.4. The molecular weight excluding hydrogens is 226 g/mol. The summed E-state index contributed by atoms with van der Waals surface area (Å²) in [5, 5.41) is 2.30. The van der Waals surface area contributed by atoms with Gasteiger partial charge in [-0.05, 0) is 13.8 Å². The van der Waals surface area contributed by atoms with Crippen LogP contribution in [0.4, 0.5) is 0 Å². The lowest BCUT2D eigenvalue weighted by Crippen LogP contribution is -2.49. The predicted octanol–water partition coefficient (Wildman–Crippen LogP) is 0.253. The van der Waals surface area contributed by atoms with Crippen molar-refractivity contribution in [3.63, 3.8) is 0 Å². The van der Waals surface area contributed by atoms with E-state index in [1.165, 1.54) is 0 Å². The predicted molar refractivity (Wildman–Crippen MR) is 60.0 cm³/mol. The molecule has 6 nitrogen and oxygen atoms in total. The fraction of sp³-hybridized carbons (Fsp3) is 0.727. The van der Waals surface area contributed by atoms with E-state index in [1.807, 2.05) is 0 Å². The SMILES string of the molecule is CCOC(=O)C(NC(=O)C(C)C)C(=O)OCC. The molecule has 0 unspecified atom stereocenters. The van der Waals surface area contributed by atoms with Crippen LogP contribution in [0.5, 0.6) is 0 Å². The van der Waals surface area contributed by atoms with Gasteiger partial charge in [0, 0.05) is 5.92 Å². The Hall–Kier alpha value is -1.59. The molecule has 0 saturated carbocycles. The molecule has 1 amide bonds. The van der Waals surface area contributed by atoms with Gasteiger partial charge in [-0.3, -0.25) is 4.79 Å². The van der Waals surface area contributed by atoms with Crippen LogP contribution < -0.4 is 5.32 Å². The highest BCUT2D eigenvalue weighted by Crippen LogP contribution is 1.98. The van der Waals surface area contributed by atoms with Gasteiger partial charge in [-0.2, -0.15) is 0 Å². The van der Waals surface area contributed by atoms with Gasteiger partial charge < -0.3 is 14.8 Å². The molecule has 0 atom stereocenters. The molecule has 0 rings (SSSR count). The van der Waals surface area contributed by atoms with E-state index in [9.17, 15) is 14.4 Å². The zero-order valence-corrected chi connectivity index (χ0v) is 10.6. The average Bonchev–Trinajstić information content (AvgIpc) is 2.25. The Balaban J connectivity index is 4.67. The fourth-order valence-corrected chi connectivity index (χ4v) is 0.974. The molecule has 0 saturated heterocycles. The van der Waals surface area contributed by atoms with E-state index in [1.54, 1.807) is 27.7 Å². The maximum atomic E-state index is 11.5. The van der Waals surface area contributed by atoms with Gasteiger partial charge in [0.05, 0.1) is 13.2 Å². The molecule has 0 aliphatic rings. The van der Waals surface area contributed by atoms with E-state index in [0.717, 1.165) is 0 Å². The quantitative estimate of drug-likeness (QED) is 0.536. The van der Waals surface area contributed by atoms with Gasteiger partial charge in [0.15, 0.2) is 0 Å². The van der Waals surface area contributed by atoms with Crippen LogP contribution in [-0.4, -0.2) is 37.1 Å². The number of ether oxygens (including phenoxy) is 2. The van der Waals surface area contributed by atoms with Gasteiger partial charge in [0.2, 0.25) is 11.9 Å². The molecule has 1 N–H and O–H groups in total. The summed E-state index contributed by atoms with van der Waals surface area (Å²) in [4.78, 5) is 34.4. The van der Waals surface area contributed by atoms with Crippen molar-refractivity contribution in [1.82, 2.24) is 5.32 Å². The van der Waals surface area contributed by atoms with Crippen molar-refractivity contribution in [3.8, 4) is 0 Å². The monoisotopic (exact) mass is 245 g/mol. The lowest BCUT2D eigenvalue weighted by molar-refractivity contribution is -0.159. The average molecular weight is 245 g/mol. The third-order valence-corrected chi connectivity index (χ3v) is 1.86. The third-order valence-electron chi connectivity index (χ3n) is 1.86. The molecule has 0 spiro atoms. The van der Waals surface area contributed by atoms with Crippen molar-refractivity contribution in [2.75, 3.05) is 13.2 Å². The van der Waals surface area contributed by atoms with Crippen LogP contribution in [0.1, 0.15) is 27.7 Å². The van der Waals surface area contributed by atoms with E-state index in [2.05, 4.69) is 5.32 Å². The largest absolute Gasteiger partial charge is 0.464 e. The Morgan fingerprint density at radius 1 is 1.00 bits per heavy atom. The minimum Gasteiger partial charge on any atom is -0.464 e. The van der Waals surface area contributed by atoms with Gasteiger partial charge in [-0.25, -0.2) is 9.59 Å². The number of hydrogen-bond donors (Lipinski definition) is 1. The highest BCUT2D eigenvalue weighted by Gasteiger charge is 2.31. The number of carbonyl (C=O) groups excluding carboxylic acids is 3. The first-order valence-corrected chi connectivity index (χ1v) is 5.57. The number of esters is 2. The van der Waals surface area contributed by atoms with Crippen molar-refractivity contribution < 1.29 is 23.9 Å². The highest BCUT2D eigenvalue weighted by atomic mass is 16.6. The van der Waals surface area contributed by atoms with E-state index in [4.69, 9.17) is 9.47 Å². The van der Waals surface area contributed by atoms with Crippen LogP contribution in [0.3, 0.4) is 0 Å². The summed E-state index contributed by atoms with van der Waals surface area (Å²) in [6, 6.07) is -1.38. The Morgan fingerprint density at radius 3 is 1.71 bits per heavy atom. The van der Waals surface area contributed by atoms with Crippen LogP contribution in [0.25, 0.3) is 0 Å². The molecule has 0 aromatic rings.